The molecule has 21 heavy (non-hydrogen) atoms. The Morgan fingerprint density at radius 1 is 1.29 bits per heavy atom. The molecule has 2 heterocycles. The number of amides is 1. The minimum atomic E-state index is -0.340. The largest absolute Gasteiger partial charge is 0.391 e. The minimum Gasteiger partial charge on any atom is -0.391 e. The van der Waals surface area contributed by atoms with Crippen molar-refractivity contribution in [3.8, 4) is 0 Å². The number of nitrogens with zero attached hydrogens (tertiary/aromatic N) is 3. The van der Waals surface area contributed by atoms with Gasteiger partial charge in [0.15, 0.2) is 0 Å². The average Bonchev–Trinajstić information content (AvgIpc) is 2.84. The fraction of sp³-hybridized carbons (Fsp3) is 0.688. The van der Waals surface area contributed by atoms with Gasteiger partial charge in [0, 0.05) is 46.0 Å². The summed E-state index contributed by atoms with van der Waals surface area (Å²) in [5, 5.41) is 10.2. The summed E-state index contributed by atoms with van der Waals surface area (Å²) in [5.74, 6) is 0.0959. The van der Waals surface area contributed by atoms with E-state index < -0.39 is 0 Å². The molecule has 1 aromatic heterocycles. The fourth-order valence-corrected chi connectivity index (χ4v) is 2.50. The Morgan fingerprint density at radius 2 is 1.90 bits per heavy atom. The van der Waals surface area contributed by atoms with Crippen molar-refractivity contribution >= 4 is 5.91 Å². The number of aliphatic hydroxyl groups is 1. The number of aryl methyl sites for hydroxylation is 1. The lowest BCUT2D eigenvalue weighted by atomic mass is 9.89. The van der Waals surface area contributed by atoms with Crippen LogP contribution in [0, 0.1) is 5.41 Å². The predicted octanol–water partition coefficient (Wildman–Crippen LogP) is 1.19. The van der Waals surface area contributed by atoms with E-state index in [-0.39, 0.29) is 17.4 Å². The fourth-order valence-electron chi connectivity index (χ4n) is 2.50. The lowest BCUT2D eigenvalue weighted by Gasteiger charge is -2.38. The number of carbonyl (C=O) groups is 1. The van der Waals surface area contributed by atoms with E-state index in [1.54, 1.807) is 0 Å². The van der Waals surface area contributed by atoms with Gasteiger partial charge in [-0.15, -0.1) is 0 Å². The first kappa shape index (κ1) is 16.0. The third kappa shape index (κ3) is 3.86. The van der Waals surface area contributed by atoms with Gasteiger partial charge in [-0.05, 0) is 17.5 Å². The van der Waals surface area contributed by atoms with Gasteiger partial charge < -0.3 is 14.6 Å². The van der Waals surface area contributed by atoms with Crippen LogP contribution in [0.15, 0.2) is 18.3 Å². The molecule has 1 saturated heterocycles. The van der Waals surface area contributed by atoms with Gasteiger partial charge in [-0.25, -0.2) is 0 Å². The van der Waals surface area contributed by atoms with E-state index in [1.807, 2.05) is 55.6 Å². The smallest absolute Gasteiger partial charge is 0.270 e. The van der Waals surface area contributed by atoms with Gasteiger partial charge in [-0.1, -0.05) is 20.8 Å². The number of rotatable bonds is 3. The molecule has 2 rings (SSSR count). The number of hydrogen-bond donors (Lipinski definition) is 1. The first-order chi connectivity index (χ1) is 9.79. The monoisotopic (exact) mass is 293 g/mol. The van der Waals surface area contributed by atoms with Gasteiger partial charge in [-0.3, -0.25) is 9.69 Å². The second-order valence-corrected chi connectivity index (χ2v) is 6.98. The highest BCUT2D eigenvalue weighted by molar-refractivity contribution is 5.92. The maximum atomic E-state index is 12.4. The summed E-state index contributed by atoms with van der Waals surface area (Å²) in [6.07, 6.45) is 1.55. The van der Waals surface area contributed by atoms with E-state index in [1.165, 1.54) is 0 Å². The highest BCUT2D eigenvalue weighted by Gasteiger charge is 2.28. The number of piperazine rings is 1. The van der Waals surface area contributed by atoms with Gasteiger partial charge in [0.05, 0.1) is 6.10 Å². The third-order valence-corrected chi connectivity index (χ3v) is 4.25. The van der Waals surface area contributed by atoms with Crippen molar-refractivity contribution in [2.75, 3.05) is 32.7 Å². The predicted molar refractivity (Wildman–Crippen MR) is 83.2 cm³/mol. The molecule has 1 atom stereocenters. The molecule has 0 spiro atoms. The summed E-state index contributed by atoms with van der Waals surface area (Å²) in [4.78, 5) is 16.5. The number of hydrogen-bond acceptors (Lipinski definition) is 3. The van der Waals surface area contributed by atoms with Crippen LogP contribution >= 0.6 is 0 Å². The third-order valence-electron chi connectivity index (χ3n) is 4.25. The molecule has 1 aromatic rings. The SMILES string of the molecule is Cn1cccc1C(=O)N1CCN(C[C@@H](O)C(C)(C)C)CC1. The zero-order chi connectivity index (χ0) is 15.6. The second kappa shape index (κ2) is 6.20. The van der Waals surface area contributed by atoms with E-state index in [9.17, 15) is 9.90 Å². The molecule has 1 N–H and O–H groups in total. The zero-order valence-corrected chi connectivity index (χ0v) is 13.5. The quantitative estimate of drug-likeness (QED) is 0.911. The van der Waals surface area contributed by atoms with Crippen LogP contribution in [-0.2, 0) is 7.05 Å². The summed E-state index contributed by atoms with van der Waals surface area (Å²) in [5.41, 5.74) is 0.633. The van der Waals surface area contributed by atoms with Crippen molar-refractivity contribution in [2.45, 2.75) is 26.9 Å². The molecule has 5 heteroatoms. The number of aromatic nitrogens is 1. The van der Waals surface area contributed by atoms with Gasteiger partial charge in [0.1, 0.15) is 5.69 Å². The first-order valence-corrected chi connectivity index (χ1v) is 7.60. The molecule has 1 amide bonds. The summed E-state index contributed by atoms with van der Waals surface area (Å²) in [6, 6.07) is 3.75. The maximum absolute atomic E-state index is 12.4. The van der Waals surface area contributed by atoms with E-state index in [0.717, 1.165) is 31.9 Å². The lowest BCUT2D eigenvalue weighted by Crippen LogP contribution is -2.51. The second-order valence-electron chi connectivity index (χ2n) is 6.98. The molecule has 5 nitrogen and oxygen atoms in total. The van der Waals surface area contributed by atoms with Crippen LogP contribution in [0.3, 0.4) is 0 Å². The molecular formula is C16H27N3O2. The van der Waals surface area contributed by atoms with Crippen molar-refractivity contribution < 1.29 is 9.90 Å². The van der Waals surface area contributed by atoms with Gasteiger partial charge in [0.2, 0.25) is 0 Å². The van der Waals surface area contributed by atoms with Crippen LogP contribution in [-0.4, -0.2) is 64.2 Å². The summed E-state index contributed by atoms with van der Waals surface area (Å²) < 4.78 is 1.86. The Hall–Kier alpha value is -1.33. The van der Waals surface area contributed by atoms with Gasteiger partial charge in [-0.2, -0.15) is 0 Å². The molecule has 0 saturated carbocycles. The van der Waals surface area contributed by atoms with Crippen molar-refractivity contribution in [3.63, 3.8) is 0 Å². The summed E-state index contributed by atoms with van der Waals surface area (Å²) in [7, 11) is 1.89. The van der Waals surface area contributed by atoms with Crippen molar-refractivity contribution in [2.24, 2.45) is 12.5 Å². The van der Waals surface area contributed by atoms with Crippen LogP contribution in [0.5, 0.6) is 0 Å². The average molecular weight is 293 g/mol. The summed E-state index contributed by atoms with van der Waals surface area (Å²) in [6.45, 7) is 9.91. The van der Waals surface area contributed by atoms with E-state index >= 15 is 0 Å². The Kier molecular flexibility index (Phi) is 4.74. The number of carbonyl (C=O) groups excluding carboxylic acids is 1. The number of β-amino-alcohol motifs (C(OH)–C–C–N with tert-alkyl or cyclic N) is 1. The topological polar surface area (TPSA) is 48.7 Å². The van der Waals surface area contributed by atoms with Crippen molar-refractivity contribution in [1.29, 1.82) is 0 Å². The molecule has 1 aliphatic heterocycles. The zero-order valence-electron chi connectivity index (χ0n) is 13.5. The standard InChI is InChI=1S/C16H27N3O2/c1-16(2,3)14(20)12-18-8-10-19(11-9-18)15(21)13-6-5-7-17(13)4/h5-7,14,20H,8-12H2,1-4H3/t14-/m1/s1. The molecular weight excluding hydrogens is 266 g/mol. The van der Waals surface area contributed by atoms with Crippen LogP contribution in [0.4, 0.5) is 0 Å². The normalized spacial score (nSPS) is 18.8. The number of aliphatic hydroxyl groups excluding tert-OH is 1. The molecule has 0 aromatic carbocycles. The van der Waals surface area contributed by atoms with Gasteiger partial charge >= 0.3 is 0 Å². The van der Waals surface area contributed by atoms with E-state index in [4.69, 9.17) is 0 Å². The van der Waals surface area contributed by atoms with Crippen LogP contribution in [0.25, 0.3) is 0 Å². The summed E-state index contributed by atoms with van der Waals surface area (Å²) >= 11 is 0. The highest BCUT2D eigenvalue weighted by atomic mass is 16.3. The Balaban J connectivity index is 1.86. The molecule has 118 valence electrons. The van der Waals surface area contributed by atoms with E-state index in [0.29, 0.717) is 6.54 Å². The van der Waals surface area contributed by atoms with Gasteiger partial charge in [0.25, 0.3) is 5.91 Å². The Bertz CT molecular complexity index is 482. The van der Waals surface area contributed by atoms with Crippen LogP contribution < -0.4 is 0 Å². The molecule has 1 fully saturated rings. The first-order valence-electron chi connectivity index (χ1n) is 7.60. The molecule has 0 unspecified atom stereocenters. The lowest BCUT2D eigenvalue weighted by molar-refractivity contribution is 0.0135. The minimum absolute atomic E-state index is 0.0959. The van der Waals surface area contributed by atoms with E-state index in [2.05, 4.69) is 4.90 Å². The van der Waals surface area contributed by atoms with Crippen LogP contribution in [0.2, 0.25) is 0 Å². The molecule has 0 bridgehead atoms. The Labute approximate surface area is 127 Å². The van der Waals surface area contributed by atoms with Crippen molar-refractivity contribution in [1.82, 2.24) is 14.4 Å². The highest BCUT2D eigenvalue weighted by Crippen LogP contribution is 2.20. The maximum Gasteiger partial charge on any atom is 0.270 e. The van der Waals surface area contributed by atoms with Crippen molar-refractivity contribution in [3.05, 3.63) is 24.0 Å². The van der Waals surface area contributed by atoms with Crippen LogP contribution in [0.1, 0.15) is 31.3 Å². The Morgan fingerprint density at radius 3 is 2.38 bits per heavy atom. The molecule has 0 radical (unpaired) electrons. The molecule has 1 aliphatic rings. The molecule has 0 aliphatic carbocycles.